The van der Waals surface area contributed by atoms with Crippen molar-refractivity contribution in [1.82, 2.24) is 5.32 Å². The molecule has 3 aliphatic carbocycles. The number of aliphatic hydroxyl groups excluding tert-OH is 2. The number of benzene rings is 3. The Morgan fingerprint density at radius 1 is 0.844 bits per heavy atom. The minimum Gasteiger partial charge on any atom is -0.456 e. The molecular formula is C48H57BNO14. The predicted octanol–water partition coefficient (Wildman–Crippen LogP) is 4.24. The quantitative estimate of drug-likeness (QED) is 0.0969. The van der Waals surface area contributed by atoms with E-state index in [4.69, 9.17) is 23.7 Å². The molecule has 3 aromatic carbocycles. The number of hydrogen-bond acceptors (Lipinski definition) is 14. The number of amides is 1. The van der Waals surface area contributed by atoms with Crippen molar-refractivity contribution in [3.8, 4) is 0 Å². The molecule has 2 saturated carbocycles. The number of Topliss-reactive ketones (excluding diaryl/α,β-unsaturated/α-hetero) is 1. The van der Waals surface area contributed by atoms with Gasteiger partial charge in [0, 0.05) is 47.5 Å². The molecule has 7 rings (SSSR count). The molecular weight excluding hydrogens is 825 g/mol. The number of nitrogens with one attached hydrogen (secondary N) is 1. The molecule has 3 aromatic rings. The highest BCUT2D eigenvalue weighted by Crippen LogP contribution is 2.64. The lowest BCUT2D eigenvalue weighted by Gasteiger charge is -2.67. The maximum absolute atomic E-state index is 15.5. The summed E-state index contributed by atoms with van der Waals surface area (Å²) in [5.41, 5.74) is -7.02. The Morgan fingerprint density at radius 3 is 1.94 bits per heavy atom. The standard InChI is InChI=1S/C47H51NO14.CH4.B.H2/c1-25-31(60-43(56)36(52)35(28-16-10-7-11-17-28)48-41(54)29-18-12-8-13-19-29)23-47(57)40(61-42(55)30-20-14-9-15-21-30)38-45(6,32(51)22-33-46(38,24-58-33)62-27(3)50)39(53)37(59-26(2)49)34(25)44(47,4)5;;;/h7-21,31-33,35-38,40,51-52,57H,22-24H2,1-6H3,(H,48,54);1H4;;1H/t31-,32-,33?,35-,36+,37+,38-,40-,45+,46-,47+;;;/m0.../s1/i;;;1+1. The fourth-order valence-corrected chi connectivity index (χ4v) is 10.2. The van der Waals surface area contributed by atoms with Crippen molar-refractivity contribution in [3.63, 3.8) is 0 Å². The lowest BCUT2D eigenvalue weighted by atomic mass is 9.44. The Labute approximate surface area is 375 Å². The highest BCUT2D eigenvalue weighted by Gasteiger charge is 2.78. The molecule has 3 fully saturated rings. The van der Waals surface area contributed by atoms with E-state index in [0.717, 1.165) is 13.8 Å². The van der Waals surface area contributed by atoms with Crippen LogP contribution in [0.4, 0.5) is 0 Å². The molecule has 1 unspecified atom stereocenters. The van der Waals surface area contributed by atoms with Gasteiger partial charge in [0.1, 0.15) is 23.9 Å². The van der Waals surface area contributed by atoms with E-state index in [1.165, 1.54) is 26.0 Å². The van der Waals surface area contributed by atoms with Crippen LogP contribution in [0.1, 0.15) is 95.6 Å². The Balaban J connectivity index is 0.00000308. The number of carbonyl (C=O) groups excluding carboxylic acids is 6. The molecule has 3 radical (unpaired) electrons. The Bertz CT molecular complexity index is 2300. The van der Waals surface area contributed by atoms with Crippen LogP contribution in [0.25, 0.3) is 0 Å². The Hall–Kier alpha value is -5.68. The summed E-state index contributed by atoms with van der Waals surface area (Å²) in [7, 11) is 0. The molecule has 1 heterocycles. The largest absolute Gasteiger partial charge is 0.456 e. The van der Waals surface area contributed by atoms with Gasteiger partial charge in [-0.25, -0.2) is 9.59 Å². The second-order valence-electron chi connectivity index (χ2n) is 17.4. The summed E-state index contributed by atoms with van der Waals surface area (Å²) in [5, 5.41) is 40.2. The molecule has 0 spiro atoms. The number of rotatable bonds is 10. The molecule has 15 nitrogen and oxygen atoms in total. The van der Waals surface area contributed by atoms with Gasteiger partial charge in [0.15, 0.2) is 23.6 Å². The molecule has 1 aliphatic heterocycles. The second-order valence-corrected chi connectivity index (χ2v) is 17.4. The summed E-state index contributed by atoms with van der Waals surface area (Å²) in [5.74, 6) is -6.84. The van der Waals surface area contributed by atoms with Gasteiger partial charge in [-0.1, -0.05) is 88.0 Å². The van der Waals surface area contributed by atoms with Crippen LogP contribution in [0.3, 0.4) is 0 Å². The van der Waals surface area contributed by atoms with Crippen LogP contribution in [-0.4, -0.2) is 114 Å². The summed E-state index contributed by atoms with van der Waals surface area (Å²) in [6.45, 7) is 7.97. The summed E-state index contributed by atoms with van der Waals surface area (Å²) in [4.78, 5) is 83.5. The van der Waals surface area contributed by atoms with Gasteiger partial charge in [-0.2, -0.15) is 0 Å². The predicted molar refractivity (Wildman–Crippen MR) is 232 cm³/mol. The molecule has 1 saturated heterocycles. The van der Waals surface area contributed by atoms with Crippen molar-refractivity contribution in [1.29, 1.82) is 0 Å². The van der Waals surface area contributed by atoms with Crippen LogP contribution >= 0.6 is 0 Å². The summed E-state index contributed by atoms with van der Waals surface area (Å²) in [6.07, 6.45) is -10.5. The first-order valence-electron chi connectivity index (χ1n) is 20.5. The smallest absolute Gasteiger partial charge is 0.338 e. The van der Waals surface area contributed by atoms with Crippen LogP contribution in [0, 0.1) is 16.7 Å². The first-order valence-corrected chi connectivity index (χ1v) is 20.5. The van der Waals surface area contributed by atoms with E-state index >= 15 is 4.79 Å². The molecule has 0 aromatic heterocycles. The molecule has 16 heteroatoms. The number of ketones is 1. The monoisotopic (exact) mass is 883 g/mol. The fourth-order valence-electron chi connectivity index (χ4n) is 10.2. The Morgan fingerprint density at radius 2 is 1.41 bits per heavy atom. The molecule has 1 amide bonds. The van der Waals surface area contributed by atoms with Crippen molar-refractivity contribution >= 4 is 44.0 Å². The number of esters is 4. The number of hydrogen-bond donors (Lipinski definition) is 4. The summed E-state index contributed by atoms with van der Waals surface area (Å²) >= 11 is 0. The molecule has 2 bridgehead atoms. The van der Waals surface area contributed by atoms with Gasteiger partial charge in [0.05, 0.1) is 35.6 Å². The molecule has 64 heavy (non-hydrogen) atoms. The van der Waals surface area contributed by atoms with E-state index in [-0.39, 0.29) is 52.6 Å². The van der Waals surface area contributed by atoms with Crippen LogP contribution in [0.15, 0.2) is 102 Å². The third-order valence-electron chi connectivity index (χ3n) is 13.5. The zero-order chi connectivity index (χ0) is 44.9. The normalized spacial score (nSPS) is 30.9. The van der Waals surface area contributed by atoms with E-state index in [2.05, 4.69) is 5.32 Å². The van der Waals surface area contributed by atoms with Gasteiger partial charge < -0.3 is 44.3 Å². The molecule has 11 atom stereocenters. The van der Waals surface area contributed by atoms with E-state index in [9.17, 15) is 39.3 Å². The van der Waals surface area contributed by atoms with Crippen LogP contribution in [-0.2, 0) is 42.9 Å². The SMILES string of the molecule is C.CC(=O)O[C@H]1C(=O)[C@]2(C)[C@@H](O)CC3OC[C@@]3(OC(C)=O)[C@H]2[C@H](OC(=O)c2ccccc2)[C@]2(O)C[C@H](OC(=O)[C@H](O)[C@@H](NC(=O)c3ccccc3)c3ccccc3)C(C)=C1C2(C)C.[2HH].[B]. The third-order valence-corrected chi connectivity index (χ3v) is 13.5. The number of ether oxygens (including phenoxy) is 5. The van der Waals surface area contributed by atoms with Crippen LogP contribution in [0.5, 0.6) is 0 Å². The molecule has 4 N–H and O–H groups in total. The van der Waals surface area contributed by atoms with Crippen molar-refractivity contribution in [2.45, 2.75) is 116 Å². The van der Waals surface area contributed by atoms with Gasteiger partial charge >= 0.3 is 23.9 Å². The number of carbonyl (C=O) groups is 6. The molecule has 341 valence electrons. The van der Waals surface area contributed by atoms with E-state index in [1.807, 2.05) is 0 Å². The zero-order valence-electron chi connectivity index (χ0n) is 35.8. The van der Waals surface area contributed by atoms with Gasteiger partial charge in [-0.15, -0.1) is 0 Å². The Kier molecular flexibility index (Phi) is 14.2. The number of fused-ring (bicyclic) bond motifs is 5. The first kappa shape index (κ1) is 49.3. The summed E-state index contributed by atoms with van der Waals surface area (Å²) < 4.78 is 30.3. The van der Waals surface area contributed by atoms with Crippen LogP contribution < -0.4 is 5.32 Å². The highest BCUT2D eigenvalue weighted by atomic mass is 16.6. The maximum Gasteiger partial charge on any atom is 0.338 e. The average molecular weight is 884 g/mol. The maximum atomic E-state index is 15.5. The van der Waals surface area contributed by atoms with E-state index in [0.29, 0.717) is 5.56 Å². The minimum absolute atomic E-state index is 0. The molecule has 4 aliphatic rings. The first-order chi connectivity index (χ1) is 29.3. The number of aliphatic hydroxyl groups is 3. The van der Waals surface area contributed by atoms with Gasteiger partial charge in [0.2, 0.25) is 0 Å². The van der Waals surface area contributed by atoms with Crippen molar-refractivity contribution in [2.24, 2.45) is 16.7 Å². The average Bonchev–Trinajstić information content (AvgIpc) is 3.24. The minimum atomic E-state index is -2.39. The third kappa shape index (κ3) is 8.16. The summed E-state index contributed by atoms with van der Waals surface area (Å²) in [6, 6.07) is 22.9. The topological polar surface area (TPSA) is 221 Å². The van der Waals surface area contributed by atoms with Crippen molar-refractivity contribution in [3.05, 3.63) is 119 Å². The van der Waals surface area contributed by atoms with Crippen molar-refractivity contribution in [2.75, 3.05) is 6.61 Å². The van der Waals surface area contributed by atoms with Crippen LogP contribution in [0.2, 0.25) is 0 Å². The lowest BCUT2D eigenvalue weighted by molar-refractivity contribution is -0.346. The lowest BCUT2D eigenvalue weighted by Crippen LogP contribution is -2.82. The van der Waals surface area contributed by atoms with E-state index in [1.54, 1.807) is 92.7 Å². The van der Waals surface area contributed by atoms with Gasteiger partial charge in [0.25, 0.3) is 5.91 Å². The highest BCUT2D eigenvalue weighted by molar-refractivity contribution is 5.96. The van der Waals surface area contributed by atoms with E-state index < -0.39 is 113 Å². The second kappa shape index (κ2) is 18.4. The fraction of sp³-hybridized carbons (Fsp3) is 0.458. The zero-order valence-corrected chi connectivity index (χ0v) is 35.8. The van der Waals surface area contributed by atoms with Crippen molar-refractivity contribution < 1.29 is 69.2 Å². The van der Waals surface area contributed by atoms with Gasteiger partial charge in [-0.3, -0.25) is 19.2 Å². The van der Waals surface area contributed by atoms with Gasteiger partial charge in [-0.05, 0) is 54.8 Å².